The molecule has 0 bridgehead atoms. The predicted octanol–water partition coefficient (Wildman–Crippen LogP) is 9.58. The zero-order valence-corrected chi connectivity index (χ0v) is 28.3. The molecule has 0 spiro atoms. The molecular weight excluding hydrogens is 666 g/mol. The van der Waals surface area contributed by atoms with Crippen molar-refractivity contribution in [2.24, 2.45) is 0 Å². The Morgan fingerprint density at radius 2 is 1.64 bits per heavy atom. The number of halogens is 6. The maximum Gasteiger partial charge on any atom is 0.426 e. The number of aromatic nitrogens is 3. The number of amides is 1. The van der Waals surface area contributed by atoms with Gasteiger partial charge in [0.25, 0.3) is 11.8 Å². The first kappa shape index (κ1) is 41.4. The number of alkyl halides is 6. The molecule has 14 heteroatoms. The second-order valence-electron chi connectivity index (χ2n) is 11.5. The molecule has 8 nitrogen and oxygen atoms in total. The normalized spacial score (nSPS) is 13.4. The largest absolute Gasteiger partial charge is 0.426 e. The molecule has 3 rings (SSSR count). The molecule has 0 radical (unpaired) electrons. The summed E-state index contributed by atoms with van der Waals surface area (Å²) >= 11 is 0. The van der Waals surface area contributed by atoms with E-state index in [2.05, 4.69) is 46.8 Å². The molecule has 1 N–H and O–H groups in total. The fourth-order valence-corrected chi connectivity index (χ4v) is 4.26. The number of benzene rings is 1. The number of carbonyl (C=O) groups is 1. The summed E-state index contributed by atoms with van der Waals surface area (Å²) in [4.78, 5) is 15.5. The summed E-state index contributed by atoms with van der Waals surface area (Å²) < 4.78 is 103. The van der Waals surface area contributed by atoms with E-state index >= 15 is 0 Å². The van der Waals surface area contributed by atoms with Crippen LogP contribution in [-0.4, -0.2) is 47.1 Å². The molecule has 1 aromatic carbocycles. The van der Waals surface area contributed by atoms with Gasteiger partial charge in [-0.15, -0.1) is 23.4 Å². The molecular formula is C36H40F6N4O4. The summed E-state index contributed by atoms with van der Waals surface area (Å²) in [5, 5.41) is 9.40. The Balaban J connectivity index is 0.00000132. The quantitative estimate of drug-likeness (QED) is 0.0727. The Hall–Kier alpha value is -4.82. The summed E-state index contributed by atoms with van der Waals surface area (Å²) in [6.07, 6.45) is -3.93. The van der Waals surface area contributed by atoms with Gasteiger partial charge >= 0.3 is 12.4 Å². The van der Waals surface area contributed by atoms with Gasteiger partial charge in [0.15, 0.2) is 5.69 Å². The van der Waals surface area contributed by atoms with Crippen molar-refractivity contribution in [1.82, 2.24) is 15.2 Å². The number of nitrogens with zero attached hydrogens (tertiary/aromatic N) is 3. The Kier molecular flexibility index (Phi) is 14.7. The van der Waals surface area contributed by atoms with Crippen molar-refractivity contribution < 1.29 is 45.0 Å². The molecule has 0 aliphatic carbocycles. The summed E-state index contributed by atoms with van der Waals surface area (Å²) in [7, 11) is 1.71. The summed E-state index contributed by atoms with van der Waals surface area (Å²) in [6.45, 7) is 19.6. The molecule has 1 amide bonds. The Morgan fingerprint density at radius 1 is 0.980 bits per heavy atom. The minimum Gasteiger partial charge on any atom is -0.416 e. The second kappa shape index (κ2) is 17.7. The van der Waals surface area contributed by atoms with Crippen LogP contribution in [0, 0.1) is 0 Å². The maximum absolute atomic E-state index is 14.8. The number of nitrogens with one attached hydrogen (secondary N) is 1. The van der Waals surface area contributed by atoms with Crippen LogP contribution in [0.2, 0.25) is 0 Å². The molecule has 0 aliphatic rings. The molecule has 0 aliphatic heterocycles. The molecule has 2 heterocycles. The number of ether oxygens (including phenoxy) is 2. The van der Waals surface area contributed by atoms with Gasteiger partial charge in [0.05, 0.1) is 29.2 Å². The van der Waals surface area contributed by atoms with Crippen molar-refractivity contribution in [2.75, 3.05) is 19.0 Å². The van der Waals surface area contributed by atoms with Gasteiger partial charge in [0, 0.05) is 12.7 Å². The van der Waals surface area contributed by atoms with Gasteiger partial charge in [-0.05, 0) is 57.2 Å². The van der Waals surface area contributed by atoms with Crippen molar-refractivity contribution in [3.63, 3.8) is 0 Å². The monoisotopic (exact) mass is 706 g/mol. The number of methoxy groups -OCH3 is 1. The van der Waals surface area contributed by atoms with Crippen LogP contribution in [0.1, 0.15) is 50.6 Å². The highest BCUT2D eigenvalue weighted by atomic mass is 19.4. The Morgan fingerprint density at radius 3 is 2.16 bits per heavy atom. The van der Waals surface area contributed by atoms with Crippen LogP contribution in [0.25, 0.3) is 22.8 Å². The van der Waals surface area contributed by atoms with Crippen molar-refractivity contribution in [2.45, 2.75) is 63.6 Å². The van der Waals surface area contributed by atoms with Crippen LogP contribution >= 0.6 is 0 Å². The molecule has 1 atom stereocenters. The fourth-order valence-electron chi connectivity index (χ4n) is 4.26. The van der Waals surface area contributed by atoms with Crippen molar-refractivity contribution in [3.05, 3.63) is 110 Å². The summed E-state index contributed by atoms with van der Waals surface area (Å²) in [6, 6.07) is 6.69. The van der Waals surface area contributed by atoms with Crippen molar-refractivity contribution in [3.8, 4) is 22.8 Å². The number of allylic oxidation sites excluding steroid dienone is 4. The van der Waals surface area contributed by atoms with Gasteiger partial charge in [0.1, 0.15) is 0 Å². The van der Waals surface area contributed by atoms with Crippen LogP contribution in [0.15, 0.2) is 97.0 Å². The number of pyridine rings is 1. The highest BCUT2D eigenvalue weighted by Crippen LogP contribution is 2.47. The zero-order valence-electron chi connectivity index (χ0n) is 28.3. The van der Waals surface area contributed by atoms with Crippen LogP contribution in [-0.2, 0) is 32.5 Å². The van der Waals surface area contributed by atoms with E-state index in [0.717, 1.165) is 0 Å². The molecule has 50 heavy (non-hydrogen) atoms. The summed E-state index contributed by atoms with van der Waals surface area (Å²) in [5.74, 6) is -1.72. The third-order valence-electron chi connectivity index (χ3n) is 7.00. The molecule has 0 saturated carbocycles. The fraction of sp³-hybridized carbons (Fsp3) is 0.333. The lowest BCUT2D eigenvalue weighted by atomic mass is 9.96. The lowest BCUT2D eigenvalue weighted by Crippen LogP contribution is -2.45. The first-order chi connectivity index (χ1) is 23.4. The molecule has 270 valence electrons. The topological polar surface area (TPSA) is 99.4 Å². The first-order valence-corrected chi connectivity index (χ1v) is 15.1. The van der Waals surface area contributed by atoms with Gasteiger partial charge in [-0.2, -0.15) is 26.3 Å². The number of carbonyl (C=O) groups excluding carboxylic acids is 1. The zero-order chi connectivity index (χ0) is 37.8. The molecule has 3 aromatic rings. The van der Waals surface area contributed by atoms with E-state index in [-0.39, 0.29) is 36.0 Å². The van der Waals surface area contributed by atoms with Gasteiger partial charge in [0.2, 0.25) is 12.0 Å². The Bertz CT molecular complexity index is 1670. The standard InChI is InChI=1S/C31H28F6N4O3.C5H12O/c1-5-9-16-29(31(35,36)37,43-18-20(8-4)12-6-2)28-41-40-27(44-28)26-24(38-19-42)17-23(30(32,33)34)25(39-26)22-15-11-10-14-21(22)13-7-3;1-5(2,3)6-4/h5-8,10-12,14-15,17,19H,1-4,9,13,16,18H2,(H,38,42);1-4H3/b20-12+;. The average Bonchev–Trinajstić information content (AvgIpc) is 3.54. The van der Waals surface area contributed by atoms with Crippen LogP contribution in [0.4, 0.5) is 32.0 Å². The van der Waals surface area contributed by atoms with Gasteiger partial charge < -0.3 is 19.2 Å². The van der Waals surface area contributed by atoms with E-state index < -0.39 is 65.4 Å². The average molecular weight is 707 g/mol. The van der Waals surface area contributed by atoms with Gasteiger partial charge in [-0.1, -0.05) is 67.8 Å². The number of hydrogen-bond acceptors (Lipinski definition) is 7. The minimum atomic E-state index is -5.10. The molecule has 0 saturated heterocycles. The van der Waals surface area contributed by atoms with Crippen LogP contribution < -0.4 is 5.32 Å². The second-order valence-corrected chi connectivity index (χ2v) is 11.5. The van der Waals surface area contributed by atoms with Gasteiger partial charge in [-0.25, -0.2) is 4.98 Å². The van der Waals surface area contributed by atoms with E-state index in [0.29, 0.717) is 11.6 Å². The lowest BCUT2D eigenvalue weighted by molar-refractivity contribution is -0.292. The highest BCUT2D eigenvalue weighted by Gasteiger charge is 2.61. The first-order valence-electron chi connectivity index (χ1n) is 15.1. The number of anilines is 1. The maximum atomic E-state index is 14.8. The van der Waals surface area contributed by atoms with Crippen molar-refractivity contribution in [1.29, 1.82) is 0 Å². The molecule has 2 aromatic heterocycles. The van der Waals surface area contributed by atoms with Crippen molar-refractivity contribution >= 4 is 12.1 Å². The third kappa shape index (κ3) is 10.6. The lowest BCUT2D eigenvalue weighted by Gasteiger charge is -2.32. The predicted molar refractivity (Wildman–Crippen MR) is 180 cm³/mol. The number of rotatable bonds is 15. The van der Waals surface area contributed by atoms with E-state index in [4.69, 9.17) is 13.9 Å². The smallest absolute Gasteiger partial charge is 0.416 e. The third-order valence-corrected chi connectivity index (χ3v) is 7.00. The molecule has 1 unspecified atom stereocenters. The molecule has 0 fully saturated rings. The Labute approximate surface area is 287 Å². The minimum absolute atomic E-state index is 0.0417. The number of hydrogen-bond donors (Lipinski definition) is 1. The SMILES string of the molecule is C=C/C=C(\C=C)COC(CCC=C)(c1nnc(-c2nc(-c3ccccc3CC=C)c(C(F)(F)F)cc2NC=O)o1)C(F)(F)F.COC(C)(C)C. The van der Waals surface area contributed by atoms with E-state index in [1.165, 1.54) is 42.5 Å². The van der Waals surface area contributed by atoms with E-state index in [1.807, 2.05) is 20.8 Å². The van der Waals surface area contributed by atoms with E-state index in [1.54, 1.807) is 19.2 Å². The van der Waals surface area contributed by atoms with Gasteiger partial charge in [-0.3, -0.25) is 4.79 Å². The van der Waals surface area contributed by atoms with E-state index in [9.17, 15) is 31.1 Å². The highest BCUT2D eigenvalue weighted by molar-refractivity contribution is 5.84. The van der Waals surface area contributed by atoms with Crippen LogP contribution in [0.3, 0.4) is 0 Å². The summed E-state index contributed by atoms with van der Waals surface area (Å²) in [5.41, 5.74) is -5.15. The van der Waals surface area contributed by atoms with Crippen LogP contribution in [0.5, 0.6) is 0 Å².